The Morgan fingerprint density at radius 2 is 0.805 bits per heavy atom. The van der Waals surface area contributed by atoms with Crippen LogP contribution in [0.4, 0.5) is 0 Å². The predicted molar refractivity (Wildman–Crippen MR) is 178 cm³/mol. The van der Waals surface area contributed by atoms with Gasteiger partial charge in [0.15, 0.2) is 0 Å². The van der Waals surface area contributed by atoms with Crippen molar-refractivity contribution in [3.05, 3.63) is 0 Å². The number of carbonyl (C=O) groups excluding carboxylic acids is 1. The van der Waals surface area contributed by atoms with Gasteiger partial charge in [0.1, 0.15) is 6.10 Å². The molecule has 0 heterocycles. The van der Waals surface area contributed by atoms with E-state index >= 15 is 0 Å². The quantitative estimate of drug-likeness (QED) is 0.0596. The molecule has 0 saturated heterocycles. The highest BCUT2D eigenvalue weighted by molar-refractivity contribution is 5.69. The number of aliphatic hydroxyl groups is 1. The van der Waals surface area contributed by atoms with E-state index in [0.717, 1.165) is 19.3 Å². The number of rotatable bonds is 35. The molecule has 0 aromatic heterocycles. The van der Waals surface area contributed by atoms with Gasteiger partial charge in [0, 0.05) is 13.0 Å². The molecule has 0 aliphatic carbocycles. The van der Waals surface area contributed by atoms with Crippen molar-refractivity contribution in [3.8, 4) is 0 Å². The van der Waals surface area contributed by atoms with Crippen molar-refractivity contribution in [3.63, 3.8) is 0 Å². The van der Waals surface area contributed by atoms with E-state index in [1.165, 1.54) is 167 Å². The van der Waals surface area contributed by atoms with Gasteiger partial charge in [0.05, 0.1) is 13.2 Å². The number of carbonyl (C=O) groups is 1. The summed E-state index contributed by atoms with van der Waals surface area (Å²) < 4.78 is 11.1. The van der Waals surface area contributed by atoms with Gasteiger partial charge in [-0.15, -0.1) is 0 Å². The van der Waals surface area contributed by atoms with Crippen molar-refractivity contribution in [1.29, 1.82) is 0 Å². The lowest BCUT2D eigenvalue weighted by Crippen LogP contribution is -2.27. The van der Waals surface area contributed by atoms with Crippen LogP contribution in [0.1, 0.15) is 206 Å². The summed E-state index contributed by atoms with van der Waals surface area (Å²) in [6.45, 7) is 5.38. The maximum Gasteiger partial charge on any atom is 0.306 e. The first-order valence-corrected chi connectivity index (χ1v) is 18.6. The molecule has 1 atom stereocenters. The zero-order chi connectivity index (χ0) is 29.9. The number of ether oxygens (including phenoxy) is 2. The first-order chi connectivity index (χ1) is 20.2. The highest BCUT2D eigenvalue weighted by atomic mass is 16.6. The Bertz CT molecular complexity index is 495. The lowest BCUT2D eigenvalue weighted by Gasteiger charge is -2.16. The molecular formula is C37H74O4. The molecule has 246 valence electrons. The second-order valence-corrected chi connectivity index (χ2v) is 12.7. The van der Waals surface area contributed by atoms with Crippen molar-refractivity contribution in [2.24, 2.45) is 0 Å². The molecule has 0 aliphatic rings. The number of hydrogen-bond donors (Lipinski definition) is 1. The van der Waals surface area contributed by atoms with Crippen LogP contribution in [0.15, 0.2) is 0 Å². The molecule has 1 N–H and O–H groups in total. The van der Waals surface area contributed by atoms with Crippen LogP contribution in [0.2, 0.25) is 0 Å². The van der Waals surface area contributed by atoms with Gasteiger partial charge in [-0.25, -0.2) is 0 Å². The molecule has 0 aromatic rings. The van der Waals surface area contributed by atoms with E-state index in [2.05, 4.69) is 13.8 Å². The molecule has 0 fully saturated rings. The highest BCUT2D eigenvalue weighted by Crippen LogP contribution is 2.15. The second kappa shape index (κ2) is 35.6. The number of unbranched alkanes of at least 4 members (excludes halogenated alkanes) is 27. The van der Waals surface area contributed by atoms with Crippen molar-refractivity contribution >= 4 is 5.97 Å². The van der Waals surface area contributed by atoms with Crippen LogP contribution >= 0.6 is 0 Å². The van der Waals surface area contributed by atoms with Crippen LogP contribution in [0.5, 0.6) is 0 Å². The average molecular weight is 583 g/mol. The topological polar surface area (TPSA) is 55.8 Å². The molecule has 0 radical (unpaired) electrons. The van der Waals surface area contributed by atoms with E-state index in [1.807, 2.05) is 0 Å². The normalized spacial score (nSPS) is 12.2. The summed E-state index contributed by atoms with van der Waals surface area (Å²) in [5.41, 5.74) is 0. The maximum atomic E-state index is 12.1. The molecular weight excluding hydrogens is 508 g/mol. The van der Waals surface area contributed by atoms with Crippen molar-refractivity contribution < 1.29 is 19.4 Å². The summed E-state index contributed by atoms with van der Waals surface area (Å²) in [5, 5.41) is 9.54. The Morgan fingerprint density at radius 1 is 0.488 bits per heavy atom. The van der Waals surface area contributed by atoms with Gasteiger partial charge in [0.2, 0.25) is 0 Å². The largest absolute Gasteiger partial charge is 0.457 e. The van der Waals surface area contributed by atoms with Crippen LogP contribution in [-0.4, -0.2) is 37.0 Å². The maximum absolute atomic E-state index is 12.1. The molecule has 0 bridgehead atoms. The summed E-state index contributed by atoms with van der Waals surface area (Å²) in [6, 6.07) is 0. The summed E-state index contributed by atoms with van der Waals surface area (Å²) >= 11 is 0. The first kappa shape index (κ1) is 40.4. The van der Waals surface area contributed by atoms with Crippen molar-refractivity contribution in [2.45, 2.75) is 213 Å². The van der Waals surface area contributed by atoms with Crippen LogP contribution in [0, 0.1) is 0 Å². The number of aliphatic hydroxyl groups excluding tert-OH is 1. The van der Waals surface area contributed by atoms with Gasteiger partial charge in [-0.05, 0) is 12.8 Å². The third-order valence-electron chi connectivity index (χ3n) is 8.43. The van der Waals surface area contributed by atoms with Crippen LogP contribution in [0.3, 0.4) is 0 Å². The first-order valence-electron chi connectivity index (χ1n) is 18.6. The van der Waals surface area contributed by atoms with Gasteiger partial charge >= 0.3 is 5.97 Å². The Balaban J connectivity index is 3.35. The molecule has 0 spiro atoms. The molecule has 0 saturated carbocycles. The van der Waals surface area contributed by atoms with Crippen LogP contribution < -0.4 is 0 Å². The van der Waals surface area contributed by atoms with Crippen molar-refractivity contribution in [2.75, 3.05) is 19.8 Å². The van der Waals surface area contributed by atoms with E-state index < -0.39 is 6.10 Å². The molecule has 4 nitrogen and oxygen atoms in total. The molecule has 1 unspecified atom stereocenters. The Morgan fingerprint density at radius 3 is 1.15 bits per heavy atom. The highest BCUT2D eigenvalue weighted by Gasteiger charge is 2.13. The SMILES string of the molecule is CCCCCCCCCCCCCCCCCCCCOCC(CO)OC(=O)CCCCCCCCCCCCC. The Kier molecular flexibility index (Phi) is 35.1. The Labute approximate surface area is 257 Å². The van der Waals surface area contributed by atoms with E-state index in [-0.39, 0.29) is 12.6 Å². The van der Waals surface area contributed by atoms with Gasteiger partial charge in [-0.1, -0.05) is 187 Å². The molecule has 41 heavy (non-hydrogen) atoms. The summed E-state index contributed by atoms with van der Waals surface area (Å²) in [5.74, 6) is -0.197. The zero-order valence-electron chi connectivity index (χ0n) is 28.1. The second-order valence-electron chi connectivity index (χ2n) is 12.7. The zero-order valence-corrected chi connectivity index (χ0v) is 28.1. The van der Waals surface area contributed by atoms with E-state index in [4.69, 9.17) is 9.47 Å². The fourth-order valence-corrected chi connectivity index (χ4v) is 5.62. The van der Waals surface area contributed by atoms with Gasteiger partial charge in [-0.3, -0.25) is 4.79 Å². The van der Waals surface area contributed by atoms with Gasteiger partial charge in [0.25, 0.3) is 0 Å². The predicted octanol–water partition coefficient (Wildman–Crippen LogP) is 11.6. The fraction of sp³-hybridized carbons (Fsp3) is 0.973. The summed E-state index contributed by atoms with van der Waals surface area (Å²) in [4.78, 5) is 12.1. The smallest absolute Gasteiger partial charge is 0.306 e. The fourth-order valence-electron chi connectivity index (χ4n) is 5.62. The third-order valence-corrected chi connectivity index (χ3v) is 8.43. The van der Waals surface area contributed by atoms with Gasteiger partial charge < -0.3 is 14.6 Å². The van der Waals surface area contributed by atoms with E-state index in [0.29, 0.717) is 19.6 Å². The van der Waals surface area contributed by atoms with Gasteiger partial charge in [-0.2, -0.15) is 0 Å². The molecule has 0 rings (SSSR count). The minimum atomic E-state index is -0.522. The van der Waals surface area contributed by atoms with Crippen LogP contribution in [-0.2, 0) is 14.3 Å². The molecule has 0 amide bonds. The number of hydrogen-bond acceptors (Lipinski definition) is 4. The minimum Gasteiger partial charge on any atom is -0.457 e. The average Bonchev–Trinajstić information content (AvgIpc) is 2.98. The molecule has 0 aliphatic heterocycles. The molecule has 4 heteroatoms. The van der Waals surface area contributed by atoms with Crippen molar-refractivity contribution in [1.82, 2.24) is 0 Å². The lowest BCUT2D eigenvalue weighted by molar-refractivity contribution is -0.154. The number of esters is 1. The monoisotopic (exact) mass is 583 g/mol. The third kappa shape index (κ3) is 33.8. The molecule has 0 aromatic carbocycles. The summed E-state index contributed by atoms with van der Waals surface area (Å²) in [6.07, 6.45) is 38.6. The Hall–Kier alpha value is -0.610. The van der Waals surface area contributed by atoms with E-state index in [1.54, 1.807) is 0 Å². The lowest BCUT2D eigenvalue weighted by atomic mass is 10.0. The van der Waals surface area contributed by atoms with Crippen LogP contribution in [0.25, 0.3) is 0 Å². The van der Waals surface area contributed by atoms with E-state index in [9.17, 15) is 9.90 Å². The summed E-state index contributed by atoms with van der Waals surface area (Å²) in [7, 11) is 0. The minimum absolute atomic E-state index is 0.164. The standard InChI is InChI=1S/C37H74O4/c1-3-5-7-9-11-13-15-16-17-18-19-20-21-23-25-27-29-31-33-40-35-36(34-38)41-37(39)32-30-28-26-24-22-14-12-10-8-6-4-2/h36,38H,3-35H2,1-2H3.